The minimum atomic E-state index is 0.0217. The molecule has 1 unspecified atom stereocenters. The van der Waals surface area contributed by atoms with E-state index < -0.39 is 0 Å². The predicted octanol–water partition coefficient (Wildman–Crippen LogP) is 2.11. The maximum absolute atomic E-state index is 11.9. The molecule has 0 radical (unpaired) electrons. The molecule has 0 aromatic heterocycles. The molecule has 0 amide bonds. The van der Waals surface area contributed by atoms with Gasteiger partial charge in [0.05, 0.1) is 10.7 Å². The van der Waals surface area contributed by atoms with E-state index in [-0.39, 0.29) is 17.5 Å². The minimum absolute atomic E-state index is 0.0217. The zero-order chi connectivity index (χ0) is 9.97. The molecule has 0 fully saturated rings. The van der Waals surface area contributed by atoms with Gasteiger partial charge in [0.15, 0.2) is 11.6 Å². The summed E-state index contributed by atoms with van der Waals surface area (Å²) in [5.41, 5.74) is 0. The highest BCUT2D eigenvalue weighted by molar-refractivity contribution is 8.05. The van der Waals surface area contributed by atoms with Gasteiger partial charge in [-0.3, -0.25) is 9.59 Å². The Morgan fingerprint density at radius 3 is 2.93 bits per heavy atom. The lowest BCUT2D eigenvalue weighted by molar-refractivity contribution is -0.118. The van der Waals surface area contributed by atoms with E-state index in [9.17, 15) is 9.59 Å². The maximum Gasteiger partial charge on any atom is 0.176 e. The molecule has 2 nitrogen and oxygen atoms in total. The van der Waals surface area contributed by atoms with E-state index in [1.54, 1.807) is 0 Å². The number of ketones is 2. The molecule has 2 aliphatic rings. The van der Waals surface area contributed by atoms with Crippen LogP contribution in [0.15, 0.2) is 23.1 Å². The summed E-state index contributed by atoms with van der Waals surface area (Å²) >= 11 is 1.38. The summed E-state index contributed by atoms with van der Waals surface area (Å²) < 4.78 is 0. The minimum Gasteiger partial charge on any atom is -0.294 e. The molecule has 14 heavy (non-hydrogen) atoms. The second-order valence-corrected chi connectivity index (χ2v) is 4.61. The molecule has 3 heteroatoms. The van der Waals surface area contributed by atoms with Crippen molar-refractivity contribution < 1.29 is 9.59 Å². The molecule has 74 valence electrons. The molecule has 0 saturated carbocycles. The van der Waals surface area contributed by atoms with E-state index in [1.807, 2.05) is 6.08 Å². The fourth-order valence-electron chi connectivity index (χ4n) is 1.73. The Morgan fingerprint density at radius 2 is 2.36 bits per heavy atom. The van der Waals surface area contributed by atoms with Gasteiger partial charge >= 0.3 is 0 Å². The lowest BCUT2D eigenvalue weighted by Crippen LogP contribution is -2.14. The van der Waals surface area contributed by atoms with Crippen LogP contribution in [0.5, 0.6) is 0 Å². The number of allylic oxidation sites excluding steroid dienone is 4. The average Bonchev–Trinajstić information content (AvgIpc) is 2.65. The van der Waals surface area contributed by atoms with Crippen LogP contribution in [0, 0.1) is 5.92 Å². The van der Waals surface area contributed by atoms with Crippen LogP contribution in [0.25, 0.3) is 0 Å². The highest BCUT2D eigenvalue weighted by atomic mass is 32.2. The predicted molar refractivity (Wildman–Crippen MR) is 57.0 cm³/mol. The van der Waals surface area contributed by atoms with E-state index in [2.05, 4.69) is 6.08 Å². The molecule has 1 aliphatic heterocycles. The zero-order valence-corrected chi connectivity index (χ0v) is 8.68. The molecule has 0 saturated heterocycles. The number of hydrogen-bond acceptors (Lipinski definition) is 3. The van der Waals surface area contributed by atoms with Gasteiger partial charge < -0.3 is 0 Å². The maximum atomic E-state index is 11.9. The van der Waals surface area contributed by atoms with E-state index in [0.29, 0.717) is 10.7 Å². The van der Waals surface area contributed by atoms with E-state index in [4.69, 9.17) is 0 Å². The standard InChI is InChI=1S/C11H12O2S/c12-9-6-10(14-7-9)11(13)8-4-2-1-3-5-8/h2,4,6,8H,1,3,5,7H2. The number of Topliss-reactive ketones (excluding diaryl/α,β-unsaturated/α-hetero) is 1. The van der Waals surface area contributed by atoms with Gasteiger partial charge in [0.2, 0.25) is 0 Å². The summed E-state index contributed by atoms with van der Waals surface area (Å²) in [5.74, 6) is 0.667. The van der Waals surface area contributed by atoms with Gasteiger partial charge in [0, 0.05) is 5.92 Å². The summed E-state index contributed by atoms with van der Waals surface area (Å²) in [7, 11) is 0. The van der Waals surface area contributed by atoms with Gasteiger partial charge in [0.25, 0.3) is 0 Å². The summed E-state index contributed by atoms with van der Waals surface area (Å²) in [4.78, 5) is 23.5. The van der Waals surface area contributed by atoms with Crippen molar-refractivity contribution in [3.8, 4) is 0 Å². The molecule has 0 spiro atoms. The smallest absolute Gasteiger partial charge is 0.176 e. The first-order chi connectivity index (χ1) is 6.77. The summed E-state index contributed by atoms with van der Waals surface area (Å²) in [6.45, 7) is 0. The van der Waals surface area contributed by atoms with Crippen molar-refractivity contribution in [1.29, 1.82) is 0 Å². The third-order valence-corrected chi connectivity index (χ3v) is 3.55. The molecule has 1 heterocycles. The van der Waals surface area contributed by atoms with E-state index in [0.717, 1.165) is 19.3 Å². The van der Waals surface area contributed by atoms with Crippen molar-refractivity contribution >= 4 is 23.3 Å². The third-order valence-electron chi connectivity index (χ3n) is 2.50. The molecular weight excluding hydrogens is 196 g/mol. The van der Waals surface area contributed by atoms with E-state index in [1.165, 1.54) is 17.8 Å². The Morgan fingerprint density at radius 1 is 1.50 bits per heavy atom. The van der Waals surface area contributed by atoms with Crippen molar-refractivity contribution in [3.05, 3.63) is 23.1 Å². The molecular formula is C11H12O2S. The van der Waals surface area contributed by atoms with Crippen molar-refractivity contribution in [2.24, 2.45) is 5.92 Å². The fraction of sp³-hybridized carbons (Fsp3) is 0.455. The average molecular weight is 208 g/mol. The normalized spacial score (nSPS) is 26.4. The highest BCUT2D eigenvalue weighted by Crippen LogP contribution is 2.29. The van der Waals surface area contributed by atoms with Crippen molar-refractivity contribution in [1.82, 2.24) is 0 Å². The molecule has 0 N–H and O–H groups in total. The lowest BCUT2D eigenvalue weighted by Gasteiger charge is -2.14. The SMILES string of the molecule is O=C1C=C(C(=O)C2C=CCCC2)SC1. The number of rotatable bonds is 2. The largest absolute Gasteiger partial charge is 0.294 e. The zero-order valence-electron chi connectivity index (χ0n) is 7.86. The number of thioether (sulfide) groups is 1. The molecule has 1 aliphatic carbocycles. The Kier molecular flexibility index (Phi) is 2.87. The first kappa shape index (κ1) is 9.71. The fourth-order valence-corrected chi connectivity index (χ4v) is 2.62. The summed E-state index contributed by atoms with van der Waals surface area (Å²) in [6, 6.07) is 0. The first-order valence-corrected chi connectivity index (χ1v) is 5.84. The van der Waals surface area contributed by atoms with Crippen LogP contribution >= 0.6 is 11.8 Å². The molecule has 1 atom stereocenters. The second kappa shape index (κ2) is 4.13. The van der Waals surface area contributed by atoms with E-state index >= 15 is 0 Å². The quantitative estimate of drug-likeness (QED) is 0.652. The highest BCUT2D eigenvalue weighted by Gasteiger charge is 2.25. The van der Waals surface area contributed by atoms with Gasteiger partial charge in [-0.15, -0.1) is 11.8 Å². The monoisotopic (exact) mass is 208 g/mol. The first-order valence-electron chi connectivity index (χ1n) is 4.85. The van der Waals surface area contributed by atoms with Crippen LogP contribution in [-0.2, 0) is 9.59 Å². The summed E-state index contributed by atoms with van der Waals surface area (Å²) in [6.07, 6.45) is 8.63. The van der Waals surface area contributed by atoms with Crippen LogP contribution in [-0.4, -0.2) is 17.3 Å². The van der Waals surface area contributed by atoms with Gasteiger partial charge in [-0.1, -0.05) is 12.2 Å². The van der Waals surface area contributed by atoms with Crippen molar-refractivity contribution in [2.75, 3.05) is 5.75 Å². The van der Waals surface area contributed by atoms with Gasteiger partial charge in [-0.25, -0.2) is 0 Å². The molecule has 0 aromatic carbocycles. The van der Waals surface area contributed by atoms with Crippen molar-refractivity contribution in [3.63, 3.8) is 0 Å². The topological polar surface area (TPSA) is 34.1 Å². The van der Waals surface area contributed by atoms with Gasteiger partial charge in [-0.2, -0.15) is 0 Å². The lowest BCUT2D eigenvalue weighted by atomic mass is 9.92. The Balaban J connectivity index is 2.08. The molecule has 0 bridgehead atoms. The van der Waals surface area contributed by atoms with Crippen LogP contribution in [0.1, 0.15) is 19.3 Å². The van der Waals surface area contributed by atoms with Gasteiger partial charge in [0.1, 0.15) is 0 Å². The number of hydrogen-bond donors (Lipinski definition) is 0. The van der Waals surface area contributed by atoms with Crippen LogP contribution in [0.4, 0.5) is 0 Å². The Bertz CT molecular complexity index is 328. The van der Waals surface area contributed by atoms with Crippen molar-refractivity contribution in [2.45, 2.75) is 19.3 Å². The summed E-state index contributed by atoms with van der Waals surface area (Å²) in [5, 5.41) is 0. The molecule has 0 aromatic rings. The number of carbonyl (C=O) groups excluding carboxylic acids is 2. The second-order valence-electron chi connectivity index (χ2n) is 3.59. The van der Waals surface area contributed by atoms with Crippen LogP contribution < -0.4 is 0 Å². The third kappa shape index (κ3) is 1.98. The van der Waals surface area contributed by atoms with Gasteiger partial charge in [-0.05, 0) is 25.3 Å². The van der Waals surface area contributed by atoms with Crippen LogP contribution in [0.3, 0.4) is 0 Å². The number of carbonyl (C=O) groups is 2. The van der Waals surface area contributed by atoms with Crippen LogP contribution in [0.2, 0.25) is 0 Å². The Labute approximate surface area is 87.4 Å². The Hall–Kier alpha value is -0.830. The molecule has 2 rings (SSSR count).